The number of ether oxygens (including phenoxy) is 1. The van der Waals surface area contributed by atoms with Gasteiger partial charge in [-0.05, 0) is 59.3 Å². The molecule has 0 aromatic heterocycles. The van der Waals surface area contributed by atoms with Gasteiger partial charge in [-0.2, -0.15) is 0 Å². The molecule has 3 rings (SSSR count). The number of nitrogens with one attached hydrogen (secondary N) is 1. The second-order valence-electron chi connectivity index (χ2n) is 5.85. The number of piperazine rings is 1. The lowest BCUT2D eigenvalue weighted by molar-refractivity contribution is 0.155. The van der Waals surface area contributed by atoms with Gasteiger partial charge >= 0.3 is 0 Å². The van der Waals surface area contributed by atoms with Crippen LogP contribution in [0.4, 0.5) is 0 Å². The number of halogens is 1. The Labute approximate surface area is 134 Å². The van der Waals surface area contributed by atoms with Crippen LogP contribution in [0.5, 0.6) is 11.5 Å². The number of benzene rings is 1. The Morgan fingerprint density at radius 3 is 2.71 bits per heavy atom. The molecule has 2 aliphatic rings. The van der Waals surface area contributed by atoms with Crippen molar-refractivity contribution in [3.63, 3.8) is 0 Å². The summed E-state index contributed by atoms with van der Waals surface area (Å²) in [6.45, 7) is 6.79. The molecule has 21 heavy (non-hydrogen) atoms. The van der Waals surface area contributed by atoms with E-state index >= 15 is 0 Å². The predicted molar refractivity (Wildman–Crippen MR) is 86.9 cm³/mol. The molecular weight excluding hydrogens is 332 g/mol. The number of nitrogens with zero attached hydrogens (tertiary/aromatic N) is 1. The lowest BCUT2D eigenvalue weighted by Crippen LogP contribution is -2.45. The summed E-state index contributed by atoms with van der Waals surface area (Å²) in [6, 6.07) is 4.53. The molecule has 1 heterocycles. The zero-order valence-electron chi connectivity index (χ0n) is 12.4. The summed E-state index contributed by atoms with van der Waals surface area (Å²) in [7, 11) is 0. The van der Waals surface area contributed by atoms with Crippen LogP contribution < -0.4 is 10.1 Å². The van der Waals surface area contributed by atoms with Crippen molar-refractivity contribution in [2.45, 2.75) is 25.8 Å². The van der Waals surface area contributed by atoms with Crippen molar-refractivity contribution in [3.8, 4) is 11.5 Å². The van der Waals surface area contributed by atoms with Gasteiger partial charge in [0.25, 0.3) is 0 Å². The van der Waals surface area contributed by atoms with Gasteiger partial charge in [0.1, 0.15) is 0 Å². The van der Waals surface area contributed by atoms with Gasteiger partial charge in [0.05, 0.1) is 11.1 Å². The van der Waals surface area contributed by atoms with Gasteiger partial charge in [0.15, 0.2) is 11.5 Å². The summed E-state index contributed by atoms with van der Waals surface area (Å²) < 4.78 is 6.31. The van der Waals surface area contributed by atoms with Crippen molar-refractivity contribution in [2.24, 2.45) is 5.92 Å². The van der Waals surface area contributed by atoms with Crippen LogP contribution in [0.1, 0.15) is 31.4 Å². The number of phenolic OH excluding ortho intramolecular Hbond substituents is 1. The molecule has 2 N–H and O–H groups in total. The first-order valence-electron chi connectivity index (χ1n) is 7.80. The van der Waals surface area contributed by atoms with E-state index in [9.17, 15) is 5.11 Å². The smallest absolute Gasteiger partial charge is 0.172 e. The van der Waals surface area contributed by atoms with Crippen molar-refractivity contribution >= 4 is 15.9 Å². The van der Waals surface area contributed by atoms with E-state index in [1.807, 2.05) is 13.0 Å². The Morgan fingerprint density at radius 1 is 1.38 bits per heavy atom. The molecule has 1 aliphatic heterocycles. The molecule has 1 saturated carbocycles. The average molecular weight is 355 g/mol. The summed E-state index contributed by atoms with van der Waals surface area (Å²) in [5.41, 5.74) is 1.26. The van der Waals surface area contributed by atoms with E-state index in [-0.39, 0.29) is 5.75 Å². The highest BCUT2D eigenvalue weighted by atomic mass is 79.9. The highest BCUT2D eigenvalue weighted by Crippen LogP contribution is 2.47. The third-order valence-corrected chi connectivity index (χ3v) is 4.91. The first kappa shape index (κ1) is 15.1. The van der Waals surface area contributed by atoms with E-state index in [0.29, 0.717) is 18.4 Å². The number of rotatable bonds is 5. The largest absolute Gasteiger partial charge is 0.503 e. The molecular formula is C16H23BrN2O2. The topological polar surface area (TPSA) is 44.7 Å². The average Bonchev–Trinajstić information content (AvgIpc) is 3.30. The molecule has 0 spiro atoms. The number of hydrogen-bond acceptors (Lipinski definition) is 4. The standard InChI is InChI=1S/C16H23BrN2O2/c1-2-21-14-10-12(9-13(17)16(14)20)15(11-3-4-11)19-7-5-18-6-8-19/h9-11,15,18,20H,2-8H2,1H3/t15-/m1/s1. The van der Waals surface area contributed by atoms with Gasteiger partial charge in [-0.25, -0.2) is 0 Å². The fourth-order valence-electron chi connectivity index (χ4n) is 3.18. The monoisotopic (exact) mass is 354 g/mol. The molecule has 1 atom stereocenters. The van der Waals surface area contributed by atoms with Crippen LogP contribution in [0, 0.1) is 5.92 Å². The third-order valence-electron chi connectivity index (χ3n) is 4.31. The van der Waals surface area contributed by atoms with Crippen LogP contribution in [0.3, 0.4) is 0 Å². The second kappa shape index (κ2) is 6.55. The van der Waals surface area contributed by atoms with Gasteiger partial charge in [0.2, 0.25) is 0 Å². The minimum Gasteiger partial charge on any atom is -0.503 e. The number of aromatic hydroxyl groups is 1. The zero-order chi connectivity index (χ0) is 14.8. The van der Waals surface area contributed by atoms with E-state index in [1.165, 1.54) is 18.4 Å². The Hall–Kier alpha value is -0.780. The van der Waals surface area contributed by atoms with E-state index in [2.05, 4.69) is 32.2 Å². The molecule has 5 heteroatoms. The fraction of sp³-hybridized carbons (Fsp3) is 0.625. The maximum Gasteiger partial charge on any atom is 0.172 e. The summed E-state index contributed by atoms with van der Waals surface area (Å²) in [6.07, 6.45) is 2.61. The van der Waals surface area contributed by atoms with Crippen LogP contribution in [0.25, 0.3) is 0 Å². The molecule has 0 amide bonds. The lowest BCUT2D eigenvalue weighted by atomic mass is 9.99. The van der Waals surface area contributed by atoms with Crippen LogP contribution in [-0.4, -0.2) is 42.8 Å². The maximum atomic E-state index is 10.1. The Kier molecular flexibility index (Phi) is 4.72. The molecule has 4 nitrogen and oxygen atoms in total. The first-order valence-corrected chi connectivity index (χ1v) is 8.60. The van der Waals surface area contributed by atoms with Crippen LogP contribution in [0.2, 0.25) is 0 Å². The van der Waals surface area contributed by atoms with Crippen molar-refractivity contribution in [3.05, 3.63) is 22.2 Å². The van der Waals surface area contributed by atoms with E-state index in [0.717, 1.165) is 36.6 Å². The van der Waals surface area contributed by atoms with Gasteiger partial charge in [-0.3, -0.25) is 4.90 Å². The molecule has 116 valence electrons. The zero-order valence-corrected chi connectivity index (χ0v) is 14.0. The summed E-state index contributed by atoms with van der Waals surface area (Å²) >= 11 is 3.47. The van der Waals surface area contributed by atoms with Crippen molar-refractivity contribution in [2.75, 3.05) is 32.8 Å². The minimum absolute atomic E-state index is 0.204. The summed E-state index contributed by atoms with van der Waals surface area (Å²) in [5, 5.41) is 13.5. The predicted octanol–water partition coefficient (Wildman–Crippen LogP) is 2.91. The van der Waals surface area contributed by atoms with E-state index in [4.69, 9.17) is 4.74 Å². The minimum atomic E-state index is 0.204. The summed E-state index contributed by atoms with van der Waals surface area (Å²) in [5.74, 6) is 1.53. The Morgan fingerprint density at radius 2 is 2.10 bits per heavy atom. The first-order chi connectivity index (χ1) is 10.2. The molecule has 1 aromatic rings. The SMILES string of the molecule is CCOc1cc([C@@H](C2CC2)N2CCNCC2)cc(Br)c1O. The lowest BCUT2D eigenvalue weighted by Gasteiger charge is -2.35. The van der Waals surface area contributed by atoms with Crippen molar-refractivity contribution in [1.82, 2.24) is 10.2 Å². The van der Waals surface area contributed by atoms with Crippen LogP contribution in [0.15, 0.2) is 16.6 Å². The molecule has 0 radical (unpaired) electrons. The highest BCUT2D eigenvalue weighted by molar-refractivity contribution is 9.10. The second-order valence-corrected chi connectivity index (χ2v) is 6.71. The number of phenols is 1. The molecule has 2 fully saturated rings. The van der Waals surface area contributed by atoms with Gasteiger partial charge in [-0.1, -0.05) is 0 Å². The highest BCUT2D eigenvalue weighted by Gasteiger charge is 2.37. The van der Waals surface area contributed by atoms with Crippen LogP contribution >= 0.6 is 15.9 Å². The molecule has 0 bridgehead atoms. The fourth-order valence-corrected chi connectivity index (χ4v) is 3.64. The third kappa shape index (κ3) is 3.35. The Bertz CT molecular complexity index is 499. The normalized spacial score (nSPS) is 21.2. The summed E-state index contributed by atoms with van der Waals surface area (Å²) in [4.78, 5) is 2.57. The molecule has 1 aromatic carbocycles. The number of hydrogen-bond donors (Lipinski definition) is 2. The van der Waals surface area contributed by atoms with Crippen molar-refractivity contribution in [1.29, 1.82) is 0 Å². The van der Waals surface area contributed by atoms with Crippen molar-refractivity contribution < 1.29 is 9.84 Å². The maximum absolute atomic E-state index is 10.1. The van der Waals surface area contributed by atoms with E-state index in [1.54, 1.807) is 0 Å². The van der Waals surface area contributed by atoms with Gasteiger partial charge < -0.3 is 15.2 Å². The Balaban J connectivity index is 1.91. The van der Waals surface area contributed by atoms with Gasteiger partial charge in [0, 0.05) is 32.2 Å². The quantitative estimate of drug-likeness (QED) is 0.853. The molecule has 1 saturated heterocycles. The van der Waals surface area contributed by atoms with Gasteiger partial charge in [-0.15, -0.1) is 0 Å². The molecule has 1 aliphatic carbocycles. The van der Waals surface area contributed by atoms with E-state index < -0.39 is 0 Å². The molecule has 0 unspecified atom stereocenters. The van der Waals surface area contributed by atoms with Crippen LogP contribution in [-0.2, 0) is 0 Å².